The van der Waals surface area contributed by atoms with Crippen molar-refractivity contribution in [1.82, 2.24) is 5.32 Å². The van der Waals surface area contributed by atoms with Gasteiger partial charge in [-0.2, -0.15) is 0 Å². The van der Waals surface area contributed by atoms with Gasteiger partial charge in [0, 0.05) is 12.0 Å². The maximum atomic E-state index is 12.8. The summed E-state index contributed by atoms with van der Waals surface area (Å²) < 4.78 is 12.8. The van der Waals surface area contributed by atoms with Gasteiger partial charge < -0.3 is 5.32 Å². The number of rotatable bonds is 8. The SMILES string of the molecule is O=C(CCCCc1ccccc1)NCC(=O)c1ccc(F)cc1. The third-order valence-corrected chi connectivity index (χ3v) is 3.57. The van der Waals surface area contributed by atoms with Gasteiger partial charge in [0.05, 0.1) is 6.54 Å². The van der Waals surface area contributed by atoms with E-state index in [1.165, 1.54) is 29.8 Å². The number of ketones is 1. The number of hydrogen-bond acceptors (Lipinski definition) is 2. The van der Waals surface area contributed by atoms with Crippen molar-refractivity contribution in [2.24, 2.45) is 0 Å². The topological polar surface area (TPSA) is 46.2 Å². The Hall–Kier alpha value is -2.49. The average molecular weight is 313 g/mol. The molecule has 0 spiro atoms. The number of unbranched alkanes of at least 4 members (excludes halogenated alkanes) is 1. The van der Waals surface area contributed by atoms with Gasteiger partial charge in [0.1, 0.15) is 5.82 Å². The normalized spacial score (nSPS) is 10.3. The van der Waals surface area contributed by atoms with Crippen LogP contribution < -0.4 is 5.32 Å². The average Bonchev–Trinajstić information content (AvgIpc) is 2.58. The van der Waals surface area contributed by atoms with E-state index in [2.05, 4.69) is 17.4 Å². The van der Waals surface area contributed by atoms with Gasteiger partial charge in [-0.3, -0.25) is 9.59 Å². The first-order valence-corrected chi connectivity index (χ1v) is 7.74. The van der Waals surface area contributed by atoms with E-state index in [0.717, 1.165) is 19.3 Å². The Morgan fingerprint density at radius 1 is 0.913 bits per heavy atom. The summed E-state index contributed by atoms with van der Waals surface area (Å²) in [6.07, 6.45) is 3.07. The van der Waals surface area contributed by atoms with Crippen LogP contribution in [0.1, 0.15) is 35.2 Å². The van der Waals surface area contributed by atoms with E-state index < -0.39 is 0 Å². The minimum Gasteiger partial charge on any atom is -0.349 e. The molecular formula is C19H20FNO2. The molecule has 0 fully saturated rings. The zero-order valence-corrected chi connectivity index (χ0v) is 12.9. The van der Waals surface area contributed by atoms with Crippen molar-refractivity contribution >= 4 is 11.7 Å². The van der Waals surface area contributed by atoms with E-state index in [1.54, 1.807) is 0 Å². The Morgan fingerprint density at radius 2 is 1.61 bits per heavy atom. The molecule has 0 aliphatic carbocycles. The molecule has 1 N–H and O–H groups in total. The lowest BCUT2D eigenvalue weighted by Gasteiger charge is -2.05. The summed E-state index contributed by atoms with van der Waals surface area (Å²) in [5, 5.41) is 2.61. The monoisotopic (exact) mass is 313 g/mol. The maximum Gasteiger partial charge on any atom is 0.220 e. The van der Waals surface area contributed by atoms with E-state index in [0.29, 0.717) is 12.0 Å². The van der Waals surface area contributed by atoms with Crippen molar-refractivity contribution in [3.63, 3.8) is 0 Å². The Balaban J connectivity index is 1.63. The number of aryl methyl sites for hydroxylation is 1. The van der Waals surface area contributed by atoms with E-state index in [4.69, 9.17) is 0 Å². The van der Waals surface area contributed by atoms with Gasteiger partial charge in [0.2, 0.25) is 5.91 Å². The van der Waals surface area contributed by atoms with Crippen molar-refractivity contribution in [3.8, 4) is 0 Å². The second-order valence-electron chi connectivity index (χ2n) is 5.40. The molecule has 0 aliphatic heterocycles. The Morgan fingerprint density at radius 3 is 2.30 bits per heavy atom. The van der Waals surface area contributed by atoms with Crippen molar-refractivity contribution < 1.29 is 14.0 Å². The van der Waals surface area contributed by atoms with Crippen LogP contribution in [-0.2, 0) is 11.2 Å². The van der Waals surface area contributed by atoms with E-state index >= 15 is 0 Å². The van der Waals surface area contributed by atoms with Gasteiger partial charge in [0.15, 0.2) is 5.78 Å². The number of amides is 1. The number of carbonyl (C=O) groups excluding carboxylic acids is 2. The molecule has 0 unspecified atom stereocenters. The quantitative estimate of drug-likeness (QED) is 0.598. The van der Waals surface area contributed by atoms with Crippen LogP contribution in [0.2, 0.25) is 0 Å². The fourth-order valence-electron chi connectivity index (χ4n) is 2.26. The fourth-order valence-corrected chi connectivity index (χ4v) is 2.26. The van der Waals surface area contributed by atoms with Crippen LogP contribution in [0.4, 0.5) is 4.39 Å². The number of carbonyl (C=O) groups is 2. The lowest BCUT2D eigenvalue weighted by molar-refractivity contribution is -0.121. The maximum absolute atomic E-state index is 12.8. The second-order valence-corrected chi connectivity index (χ2v) is 5.40. The van der Waals surface area contributed by atoms with Crippen molar-refractivity contribution in [3.05, 3.63) is 71.5 Å². The molecule has 23 heavy (non-hydrogen) atoms. The Kier molecular flexibility index (Phi) is 6.48. The molecule has 0 saturated carbocycles. The first-order chi connectivity index (χ1) is 11.1. The molecule has 0 bridgehead atoms. The summed E-state index contributed by atoms with van der Waals surface area (Å²) in [5.41, 5.74) is 1.66. The minimum atomic E-state index is -0.385. The molecule has 0 aliphatic rings. The summed E-state index contributed by atoms with van der Waals surface area (Å²) >= 11 is 0. The van der Waals surface area contributed by atoms with Crippen molar-refractivity contribution in [2.75, 3.05) is 6.54 Å². The van der Waals surface area contributed by atoms with Gasteiger partial charge in [-0.25, -0.2) is 4.39 Å². The first-order valence-electron chi connectivity index (χ1n) is 7.74. The van der Waals surface area contributed by atoms with Crippen LogP contribution >= 0.6 is 0 Å². The Bertz CT molecular complexity index is 638. The summed E-state index contributed by atoms with van der Waals surface area (Å²) in [5.74, 6) is -0.736. The smallest absolute Gasteiger partial charge is 0.220 e. The van der Waals surface area contributed by atoms with Gasteiger partial charge in [0.25, 0.3) is 0 Å². The summed E-state index contributed by atoms with van der Waals surface area (Å²) in [4.78, 5) is 23.6. The van der Waals surface area contributed by atoms with Gasteiger partial charge in [-0.05, 0) is 49.1 Å². The molecule has 2 aromatic carbocycles. The highest BCUT2D eigenvalue weighted by Crippen LogP contribution is 2.06. The van der Waals surface area contributed by atoms with Crippen LogP contribution in [0.5, 0.6) is 0 Å². The standard InChI is InChI=1S/C19H20FNO2/c20-17-12-10-16(11-13-17)18(22)14-21-19(23)9-5-4-8-15-6-2-1-3-7-15/h1-3,6-7,10-13H,4-5,8-9,14H2,(H,21,23). The molecule has 0 saturated heterocycles. The highest BCUT2D eigenvalue weighted by atomic mass is 19.1. The summed E-state index contributed by atoms with van der Waals surface area (Å²) in [7, 11) is 0. The van der Waals surface area contributed by atoms with Crippen LogP contribution in [0.25, 0.3) is 0 Å². The molecule has 2 aromatic rings. The number of hydrogen-bond donors (Lipinski definition) is 1. The molecule has 0 atom stereocenters. The Labute approximate surface area is 135 Å². The molecule has 0 heterocycles. The van der Waals surface area contributed by atoms with E-state index in [1.807, 2.05) is 18.2 Å². The van der Waals surface area contributed by atoms with Crippen LogP contribution in [0.3, 0.4) is 0 Å². The lowest BCUT2D eigenvalue weighted by atomic mass is 10.1. The summed E-state index contributed by atoms with van der Waals surface area (Å²) in [6, 6.07) is 15.4. The largest absolute Gasteiger partial charge is 0.349 e. The molecule has 3 nitrogen and oxygen atoms in total. The van der Waals surface area contributed by atoms with Gasteiger partial charge in [-0.15, -0.1) is 0 Å². The molecular weight excluding hydrogens is 293 g/mol. The third kappa shape index (κ3) is 6.02. The number of nitrogens with one attached hydrogen (secondary N) is 1. The van der Waals surface area contributed by atoms with Crippen LogP contribution in [0.15, 0.2) is 54.6 Å². The van der Waals surface area contributed by atoms with Crippen molar-refractivity contribution in [1.29, 1.82) is 0 Å². The van der Waals surface area contributed by atoms with Gasteiger partial charge >= 0.3 is 0 Å². The molecule has 120 valence electrons. The van der Waals surface area contributed by atoms with Gasteiger partial charge in [-0.1, -0.05) is 30.3 Å². The fraction of sp³-hybridized carbons (Fsp3) is 0.263. The molecule has 4 heteroatoms. The number of Topliss-reactive ketones (excluding diaryl/α,β-unsaturated/α-hetero) is 1. The predicted molar refractivity (Wildman–Crippen MR) is 87.7 cm³/mol. The molecule has 0 radical (unpaired) electrons. The van der Waals surface area contributed by atoms with E-state index in [9.17, 15) is 14.0 Å². The number of benzene rings is 2. The number of halogens is 1. The molecule has 0 aromatic heterocycles. The van der Waals surface area contributed by atoms with Crippen molar-refractivity contribution in [2.45, 2.75) is 25.7 Å². The van der Waals surface area contributed by atoms with Crippen LogP contribution in [0, 0.1) is 5.82 Å². The first kappa shape index (κ1) is 16.9. The summed E-state index contributed by atoms with van der Waals surface area (Å²) in [6.45, 7) is -0.0524. The zero-order chi connectivity index (χ0) is 16.5. The minimum absolute atomic E-state index is 0.0524. The van der Waals surface area contributed by atoms with E-state index in [-0.39, 0.29) is 24.1 Å². The van der Waals surface area contributed by atoms with Crippen LogP contribution in [-0.4, -0.2) is 18.2 Å². The third-order valence-electron chi connectivity index (χ3n) is 3.57. The molecule has 1 amide bonds. The lowest BCUT2D eigenvalue weighted by Crippen LogP contribution is -2.29. The zero-order valence-electron chi connectivity index (χ0n) is 12.9. The molecule has 2 rings (SSSR count). The second kappa shape index (κ2) is 8.83. The highest BCUT2D eigenvalue weighted by Gasteiger charge is 2.08. The highest BCUT2D eigenvalue weighted by molar-refractivity contribution is 5.99. The predicted octanol–water partition coefficient (Wildman–Crippen LogP) is 3.54.